The number of nitrogens with zero attached hydrogens (tertiary/aromatic N) is 1. The van der Waals surface area contributed by atoms with E-state index in [-0.39, 0.29) is 12.5 Å². The first kappa shape index (κ1) is 17.5. The van der Waals surface area contributed by atoms with Gasteiger partial charge in [-0.3, -0.25) is 10.1 Å². The molecule has 1 N–H and O–H groups in total. The molecule has 0 aliphatic carbocycles. The molecule has 0 aliphatic heterocycles. The first-order chi connectivity index (χ1) is 12.1. The quantitative estimate of drug-likeness (QED) is 0.678. The van der Waals surface area contributed by atoms with Crippen LogP contribution in [0.3, 0.4) is 0 Å². The topological polar surface area (TPSA) is 60.5 Å². The van der Waals surface area contributed by atoms with Crippen LogP contribution in [-0.2, 0) is 4.79 Å². The van der Waals surface area contributed by atoms with E-state index in [4.69, 9.17) is 21.1 Å². The van der Waals surface area contributed by atoms with Crippen LogP contribution in [-0.4, -0.2) is 24.1 Å². The maximum absolute atomic E-state index is 12.1. The number of hydrogen-bond donors (Lipinski definition) is 1. The number of hydrogen-bond acceptors (Lipinski definition) is 5. The van der Waals surface area contributed by atoms with Gasteiger partial charge in [0.1, 0.15) is 0 Å². The number of fused-ring (bicyclic) bond motifs is 1. The van der Waals surface area contributed by atoms with Gasteiger partial charge in [0.05, 0.1) is 16.8 Å². The number of amides is 1. The third-order valence-corrected chi connectivity index (χ3v) is 4.85. The smallest absolute Gasteiger partial charge is 0.264 e. The van der Waals surface area contributed by atoms with E-state index in [2.05, 4.69) is 10.3 Å². The summed E-state index contributed by atoms with van der Waals surface area (Å²) in [5.74, 6) is 0.864. The van der Waals surface area contributed by atoms with Crippen molar-refractivity contribution in [3.05, 3.63) is 47.0 Å². The average molecular weight is 377 g/mol. The van der Waals surface area contributed by atoms with Crippen molar-refractivity contribution in [1.82, 2.24) is 4.98 Å². The molecular formula is C18H17ClN2O3S. The molecule has 0 spiro atoms. The Morgan fingerprint density at radius 3 is 2.64 bits per heavy atom. The van der Waals surface area contributed by atoms with E-state index in [1.54, 1.807) is 12.1 Å². The number of nitrogens with one attached hydrogen (secondary N) is 1. The van der Waals surface area contributed by atoms with Gasteiger partial charge in [-0.15, -0.1) is 0 Å². The summed E-state index contributed by atoms with van der Waals surface area (Å²) in [5, 5.41) is 3.94. The Hall–Kier alpha value is -2.31. The first-order valence-corrected chi connectivity index (χ1v) is 8.98. The van der Waals surface area contributed by atoms with E-state index >= 15 is 0 Å². The monoisotopic (exact) mass is 376 g/mol. The number of carbonyl (C=O) groups excluding carboxylic acids is 1. The van der Waals surface area contributed by atoms with Gasteiger partial charge in [0.2, 0.25) is 0 Å². The van der Waals surface area contributed by atoms with Crippen LogP contribution in [0, 0.1) is 6.92 Å². The molecule has 0 unspecified atom stereocenters. The predicted molar refractivity (Wildman–Crippen MR) is 101 cm³/mol. The van der Waals surface area contributed by atoms with Crippen LogP contribution in [0.2, 0.25) is 5.02 Å². The molecule has 1 aromatic heterocycles. The van der Waals surface area contributed by atoms with Gasteiger partial charge in [-0.1, -0.05) is 35.1 Å². The molecule has 0 aliphatic rings. The number of aromatic nitrogens is 1. The maximum atomic E-state index is 12.1. The molecule has 0 saturated heterocycles. The largest absolute Gasteiger partial charge is 0.490 e. The molecule has 0 fully saturated rings. The minimum Gasteiger partial charge on any atom is -0.490 e. The van der Waals surface area contributed by atoms with Crippen LogP contribution in [0.15, 0.2) is 36.4 Å². The molecule has 0 saturated carbocycles. The number of carbonyl (C=O) groups is 1. The van der Waals surface area contributed by atoms with Crippen molar-refractivity contribution in [3.8, 4) is 11.5 Å². The van der Waals surface area contributed by atoms with Crippen LogP contribution in [0.4, 0.5) is 5.13 Å². The van der Waals surface area contributed by atoms with Crippen LogP contribution < -0.4 is 14.8 Å². The second-order valence-electron chi connectivity index (χ2n) is 5.25. The van der Waals surface area contributed by atoms with E-state index in [1.807, 2.05) is 38.1 Å². The Morgan fingerprint density at radius 1 is 1.20 bits per heavy atom. The van der Waals surface area contributed by atoms with Crippen molar-refractivity contribution in [2.75, 3.05) is 18.5 Å². The summed E-state index contributed by atoms with van der Waals surface area (Å²) in [6, 6.07) is 11.0. The van der Waals surface area contributed by atoms with Crippen molar-refractivity contribution >= 4 is 44.2 Å². The van der Waals surface area contributed by atoms with Crippen LogP contribution in [0.5, 0.6) is 11.5 Å². The highest BCUT2D eigenvalue weighted by Crippen LogP contribution is 2.31. The lowest BCUT2D eigenvalue weighted by atomic mass is 10.2. The summed E-state index contributed by atoms with van der Waals surface area (Å²) in [6.07, 6.45) is 0. The summed E-state index contributed by atoms with van der Waals surface area (Å²) >= 11 is 7.51. The standard InChI is InChI=1S/C18H17ClN2O3S/c1-3-23-13-6-4-5-7-14(13)24-10-16(22)20-18-21-17-11(2)12(19)8-9-15(17)25-18/h4-9H,3,10H2,1-2H3,(H,20,21,22). The maximum Gasteiger partial charge on any atom is 0.264 e. The minimum atomic E-state index is -0.283. The first-order valence-electron chi connectivity index (χ1n) is 7.78. The van der Waals surface area contributed by atoms with Crippen molar-refractivity contribution in [2.24, 2.45) is 0 Å². The van der Waals surface area contributed by atoms with Gasteiger partial charge >= 0.3 is 0 Å². The lowest BCUT2D eigenvalue weighted by Crippen LogP contribution is -2.20. The molecule has 3 rings (SSSR count). The van der Waals surface area contributed by atoms with Crippen molar-refractivity contribution < 1.29 is 14.3 Å². The van der Waals surface area contributed by atoms with Gasteiger partial charge in [0, 0.05) is 5.02 Å². The van der Waals surface area contributed by atoms with Gasteiger partial charge in [0.25, 0.3) is 5.91 Å². The number of halogens is 1. The van der Waals surface area contributed by atoms with E-state index in [1.165, 1.54) is 11.3 Å². The lowest BCUT2D eigenvalue weighted by Gasteiger charge is -2.10. The minimum absolute atomic E-state index is 0.125. The molecule has 130 valence electrons. The fourth-order valence-corrected chi connectivity index (χ4v) is 3.39. The van der Waals surface area contributed by atoms with Crippen LogP contribution in [0.25, 0.3) is 10.2 Å². The van der Waals surface area contributed by atoms with Gasteiger partial charge < -0.3 is 9.47 Å². The molecule has 0 bridgehead atoms. The molecule has 2 aromatic carbocycles. The molecule has 1 heterocycles. The Balaban J connectivity index is 1.66. The predicted octanol–water partition coefficient (Wildman–Crippen LogP) is 4.67. The zero-order valence-corrected chi connectivity index (χ0v) is 15.4. The number of ether oxygens (including phenoxy) is 2. The highest BCUT2D eigenvalue weighted by molar-refractivity contribution is 7.22. The van der Waals surface area contributed by atoms with E-state index < -0.39 is 0 Å². The Labute approximate surface area is 154 Å². The Morgan fingerprint density at radius 2 is 1.92 bits per heavy atom. The number of benzene rings is 2. The van der Waals surface area contributed by atoms with E-state index in [0.717, 1.165) is 15.8 Å². The number of thiazole rings is 1. The summed E-state index contributed by atoms with van der Waals surface area (Å²) in [7, 11) is 0. The fourth-order valence-electron chi connectivity index (χ4n) is 2.30. The third-order valence-electron chi connectivity index (χ3n) is 3.50. The van der Waals surface area contributed by atoms with Crippen molar-refractivity contribution in [3.63, 3.8) is 0 Å². The van der Waals surface area contributed by atoms with Crippen LogP contribution >= 0.6 is 22.9 Å². The molecule has 0 radical (unpaired) electrons. The van der Waals surface area contributed by atoms with Gasteiger partial charge in [-0.05, 0) is 43.7 Å². The van der Waals surface area contributed by atoms with E-state index in [9.17, 15) is 4.79 Å². The molecule has 0 atom stereocenters. The van der Waals surface area contributed by atoms with Gasteiger partial charge in [-0.2, -0.15) is 0 Å². The fraction of sp³-hybridized carbons (Fsp3) is 0.222. The SMILES string of the molecule is CCOc1ccccc1OCC(=O)Nc1nc2c(C)c(Cl)ccc2s1. The molecular weight excluding hydrogens is 360 g/mol. The summed E-state index contributed by atoms with van der Waals surface area (Å²) < 4.78 is 12.0. The average Bonchev–Trinajstić information content (AvgIpc) is 3.01. The molecule has 3 aromatic rings. The summed E-state index contributed by atoms with van der Waals surface area (Å²) in [6.45, 7) is 4.20. The third kappa shape index (κ3) is 4.03. The van der Waals surface area contributed by atoms with Crippen molar-refractivity contribution in [1.29, 1.82) is 0 Å². The zero-order valence-electron chi connectivity index (χ0n) is 13.8. The molecule has 1 amide bonds. The number of rotatable bonds is 6. The second-order valence-corrected chi connectivity index (χ2v) is 6.69. The number of anilines is 1. The second kappa shape index (κ2) is 7.72. The summed E-state index contributed by atoms with van der Waals surface area (Å²) in [4.78, 5) is 16.6. The normalized spacial score (nSPS) is 10.7. The molecule has 5 nitrogen and oxygen atoms in total. The van der Waals surface area contributed by atoms with Crippen molar-refractivity contribution in [2.45, 2.75) is 13.8 Å². The highest BCUT2D eigenvalue weighted by Gasteiger charge is 2.12. The lowest BCUT2D eigenvalue weighted by molar-refractivity contribution is -0.118. The van der Waals surface area contributed by atoms with E-state index in [0.29, 0.717) is 28.3 Å². The molecule has 25 heavy (non-hydrogen) atoms. The highest BCUT2D eigenvalue weighted by atomic mass is 35.5. The zero-order chi connectivity index (χ0) is 17.8. The summed E-state index contributed by atoms with van der Waals surface area (Å²) in [5.41, 5.74) is 1.70. The van der Waals surface area contributed by atoms with Gasteiger partial charge in [0.15, 0.2) is 23.2 Å². The number of aryl methyl sites for hydroxylation is 1. The Bertz CT molecular complexity index is 910. The Kier molecular flexibility index (Phi) is 5.40. The number of para-hydroxylation sites is 2. The van der Waals surface area contributed by atoms with Gasteiger partial charge in [-0.25, -0.2) is 4.98 Å². The molecule has 7 heteroatoms. The van der Waals surface area contributed by atoms with Crippen LogP contribution in [0.1, 0.15) is 12.5 Å².